The topological polar surface area (TPSA) is 125 Å². The number of nitriles is 1. The Morgan fingerprint density at radius 2 is 1.98 bits per heavy atom. The molecule has 1 amide bonds. The van der Waals surface area contributed by atoms with Crippen LogP contribution < -0.4 is 10.6 Å². The summed E-state index contributed by atoms with van der Waals surface area (Å²) >= 11 is 0. The van der Waals surface area contributed by atoms with Crippen molar-refractivity contribution in [3.8, 4) is 6.07 Å². The van der Waals surface area contributed by atoms with E-state index in [1.807, 2.05) is 42.1 Å². The van der Waals surface area contributed by atoms with Gasteiger partial charge in [-0.25, -0.2) is 14.3 Å². The molecule has 1 aliphatic heterocycles. The molecule has 0 bridgehead atoms. The summed E-state index contributed by atoms with van der Waals surface area (Å²) in [5, 5.41) is 25.2. The lowest BCUT2D eigenvalue weighted by atomic mass is 9.98. The average molecular weight is 578 g/mol. The summed E-state index contributed by atoms with van der Waals surface area (Å²) in [6, 6.07) is 18.6. The number of benzene rings is 2. The van der Waals surface area contributed by atoms with Crippen LogP contribution in [0.1, 0.15) is 37.3 Å². The summed E-state index contributed by atoms with van der Waals surface area (Å²) in [4.78, 5) is 19.6. The van der Waals surface area contributed by atoms with Gasteiger partial charge in [-0.1, -0.05) is 37.3 Å². The Balaban J connectivity index is 1.13. The van der Waals surface area contributed by atoms with Crippen LogP contribution in [0.25, 0.3) is 16.4 Å². The maximum atomic E-state index is 12.8. The molecular formula is C32H35N9O2. The summed E-state index contributed by atoms with van der Waals surface area (Å²) in [6.45, 7) is 5.79. The van der Waals surface area contributed by atoms with Crippen molar-refractivity contribution >= 4 is 39.7 Å². The molecule has 220 valence electrons. The quantitative estimate of drug-likeness (QED) is 0.220. The number of carbonyl (C=O) groups excluding carboxylic acids is 1. The number of carbonyl (C=O) groups is 1. The minimum absolute atomic E-state index is 0.326. The number of ether oxygens (including phenoxy) is 1. The van der Waals surface area contributed by atoms with E-state index in [0.717, 1.165) is 60.1 Å². The second kappa shape index (κ2) is 12.9. The Labute approximate surface area is 250 Å². The molecule has 0 aliphatic carbocycles. The predicted molar refractivity (Wildman–Crippen MR) is 165 cm³/mol. The van der Waals surface area contributed by atoms with Gasteiger partial charge in [0.2, 0.25) is 0 Å². The van der Waals surface area contributed by atoms with Crippen LogP contribution in [0.15, 0.2) is 67.3 Å². The molecule has 2 aromatic carbocycles. The van der Waals surface area contributed by atoms with Gasteiger partial charge in [0.25, 0.3) is 0 Å². The van der Waals surface area contributed by atoms with Crippen molar-refractivity contribution in [1.82, 2.24) is 29.3 Å². The molecule has 2 N–H and O–H groups in total. The zero-order valence-electron chi connectivity index (χ0n) is 24.2. The maximum absolute atomic E-state index is 12.8. The second-order valence-corrected chi connectivity index (χ2v) is 10.9. The van der Waals surface area contributed by atoms with Crippen LogP contribution in [0.5, 0.6) is 0 Å². The molecule has 3 aromatic heterocycles. The Kier molecular flexibility index (Phi) is 8.47. The third kappa shape index (κ3) is 6.44. The molecule has 11 heteroatoms. The number of rotatable bonds is 10. The minimum Gasteiger partial charge on any atom is -0.449 e. The van der Waals surface area contributed by atoms with Crippen molar-refractivity contribution in [2.24, 2.45) is 5.92 Å². The number of fused-ring (bicyclic) bond motifs is 2. The summed E-state index contributed by atoms with van der Waals surface area (Å²) in [5.41, 5.74) is 5.49. The van der Waals surface area contributed by atoms with Crippen molar-refractivity contribution in [3.05, 3.63) is 78.4 Å². The van der Waals surface area contributed by atoms with E-state index in [9.17, 15) is 4.79 Å². The fraction of sp³-hybridized carbons (Fsp3) is 0.344. The van der Waals surface area contributed by atoms with Crippen LogP contribution in [0.4, 0.5) is 22.0 Å². The fourth-order valence-electron chi connectivity index (χ4n) is 5.74. The molecule has 0 radical (unpaired) electrons. The number of aromatic nitrogens is 5. The number of nitrogens with one attached hydrogen (secondary N) is 2. The van der Waals surface area contributed by atoms with E-state index in [0.29, 0.717) is 43.4 Å². The van der Waals surface area contributed by atoms with Crippen molar-refractivity contribution in [2.75, 3.05) is 36.9 Å². The number of likely N-dealkylation sites (tertiary alicyclic amines) is 1. The van der Waals surface area contributed by atoms with Gasteiger partial charge in [0.05, 0.1) is 42.8 Å². The molecule has 0 saturated carbocycles. The van der Waals surface area contributed by atoms with E-state index in [1.165, 1.54) is 11.9 Å². The van der Waals surface area contributed by atoms with Crippen LogP contribution in [-0.2, 0) is 17.7 Å². The SMILES string of the molecule is CCc1c(NC(=O)OCC2CCN(CCC#N)CC2)cn2ncnc(Nc3ccc4c(cnn4Cc4ccccc4)c3)c12. The zero-order chi connectivity index (χ0) is 29.6. The van der Waals surface area contributed by atoms with E-state index < -0.39 is 6.09 Å². The van der Waals surface area contributed by atoms with Crippen molar-refractivity contribution in [3.63, 3.8) is 0 Å². The van der Waals surface area contributed by atoms with Gasteiger partial charge in [-0.15, -0.1) is 0 Å². The Morgan fingerprint density at radius 3 is 2.77 bits per heavy atom. The lowest BCUT2D eigenvalue weighted by molar-refractivity contribution is 0.106. The predicted octanol–water partition coefficient (Wildman–Crippen LogP) is 5.61. The molecule has 0 unspecified atom stereocenters. The van der Waals surface area contributed by atoms with Crippen molar-refractivity contribution in [2.45, 2.75) is 39.2 Å². The number of anilines is 3. The molecule has 5 aromatic rings. The van der Waals surface area contributed by atoms with E-state index in [4.69, 9.17) is 10.00 Å². The number of piperidine rings is 1. The lowest BCUT2D eigenvalue weighted by Gasteiger charge is -2.30. The van der Waals surface area contributed by atoms with E-state index >= 15 is 0 Å². The fourth-order valence-corrected chi connectivity index (χ4v) is 5.74. The number of nitrogens with zero attached hydrogens (tertiary/aromatic N) is 7. The van der Waals surface area contributed by atoms with Crippen LogP contribution in [0, 0.1) is 17.2 Å². The standard InChI is InChI=1S/C32H35N9O2/c1-2-27-28(38-32(42)43-21-24-11-15-39(16-12-24)14-6-13-33)20-41-30(27)31(34-22-36-41)37-26-9-10-29-25(17-26)18-35-40(29)19-23-7-4-3-5-8-23/h3-5,7-10,17-18,20,22,24H,2,6,11-12,14-16,19,21H2,1H3,(H,38,42)(H,34,36,37). The van der Waals surface area contributed by atoms with Gasteiger partial charge in [-0.3, -0.25) is 10.00 Å². The smallest absolute Gasteiger partial charge is 0.411 e. The van der Waals surface area contributed by atoms with Gasteiger partial charge < -0.3 is 15.0 Å². The third-order valence-corrected chi connectivity index (χ3v) is 8.05. The lowest BCUT2D eigenvalue weighted by Crippen LogP contribution is -2.36. The number of amides is 1. The molecule has 4 heterocycles. The summed E-state index contributed by atoms with van der Waals surface area (Å²) in [5.74, 6) is 0.972. The molecular weight excluding hydrogens is 542 g/mol. The van der Waals surface area contributed by atoms with Gasteiger partial charge in [0, 0.05) is 29.6 Å². The molecule has 0 spiro atoms. The van der Waals surface area contributed by atoms with Gasteiger partial charge in [0.15, 0.2) is 5.82 Å². The Bertz CT molecular complexity index is 1750. The first-order valence-electron chi connectivity index (χ1n) is 14.8. The molecule has 11 nitrogen and oxygen atoms in total. The number of hydrogen-bond donors (Lipinski definition) is 2. The highest BCUT2D eigenvalue weighted by atomic mass is 16.5. The molecule has 1 fully saturated rings. The first-order chi connectivity index (χ1) is 21.1. The highest BCUT2D eigenvalue weighted by Gasteiger charge is 2.22. The highest BCUT2D eigenvalue weighted by molar-refractivity contribution is 5.91. The minimum atomic E-state index is -0.474. The number of aryl methyl sites for hydroxylation is 1. The third-order valence-electron chi connectivity index (χ3n) is 8.05. The van der Waals surface area contributed by atoms with Crippen LogP contribution in [0.2, 0.25) is 0 Å². The van der Waals surface area contributed by atoms with Crippen LogP contribution >= 0.6 is 0 Å². The van der Waals surface area contributed by atoms with Crippen LogP contribution in [0.3, 0.4) is 0 Å². The number of hydrogen-bond acceptors (Lipinski definition) is 8. The summed E-state index contributed by atoms with van der Waals surface area (Å²) in [6.07, 6.45) is 7.83. The van der Waals surface area contributed by atoms with E-state index in [1.54, 1.807) is 10.7 Å². The summed E-state index contributed by atoms with van der Waals surface area (Å²) < 4.78 is 9.34. The normalized spacial score (nSPS) is 14.1. The second-order valence-electron chi connectivity index (χ2n) is 10.9. The van der Waals surface area contributed by atoms with Gasteiger partial charge in [-0.2, -0.15) is 15.5 Å². The Hall–Kier alpha value is -4.95. The molecule has 43 heavy (non-hydrogen) atoms. The monoisotopic (exact) mass is 577 g/mol. The molecule has 6 rings (SSSR count). The van der Waals surface area contributed by atoms with Crippen molar-refractivity contribution < 1.29 is 9.53 Å². The first kappa shape index (κ1) is 28.2. The van der Waals surface area contributed by atoms with Crippen LogP contribution in [-0.4, -0.2) is 61.6 Å². The summed E-state index contributed by atoms with van der Waals surface area (Å²) in [7, 11) is 0. The Morgan fingerprint density at radius 1 is 1.14 bits per heavy atom. The first-order valence-corrected chi connectivity index (χ1v) is 14.8. The molecule has 0 atom stereocenters. The highest BCUT2D eigenvalue weighted by Crippen LogP contribution is 2.31. The van der Waals surface area contributed by atoms with Crippen molar-refractivity contribution in [1.29, 1.82) is 5.26 Å². The van der Waals surface area contributed by atoms with Gasteiger partial charge in [0.1, 0.15) is 11.8 Å². The molecule has 1 saturated heterocycles. The van der Waals surface area contributed by atoms with E-state index in [-0.39, 0.29) is 0 Å². The molecule has 1 aliphatic rings. The van der Waals surface area contributed by atoms with Gasteiger partial charge >= 0.3 is 6.09 Å². The largest absolute Gasteiger partial charge is 0.449 e. The zero-order valence-corrected chi connectivity index (χ0v) is 24.2. The maximum Gasteiger partial charge on any atom is 0.411 e. The van der Waals surface area contributed by atoms with E-state index in [2.05, 4.69) is 61.0 Å². The average Bonchev–Trinajstić information content (AvgIpc) is 3.60. The van der Waals surface area contributed by atoms with Gasteiger partial charge in [-0.05, 0) is 62.0 Å².